The molecule has 29 heavy (non-hydrogen) atoms. The zero-order valence-electron chi connectivity index (χ0n) is 17.6. The van der Waals surface area contributed by atoms with Crippen LogP contribution in [-0.4, -0.2) is 30.4 Å². The highest BCUT2D eigenvalue weighted by Gasteiger charge is 2.67. The Bertz CT molecular complexity index is 868. The van der Waals surface area contributed by atoms with Crippen molar-refractivity contribution in [1.29, 1.82) is 0 Å². The summed E-state index contributed by atoms with van der Waals surface area (Å²) in [5, 5.41) is 0. The van der Waals surface area contributed by atoms with Crippen LogP contribution in [0.15, 0.2) is 23.3 Å². The van der Waals surface area contributed by atoms with Crippen LogP contribution >= 0.6 is 0 Å². The van der Waals surface area contributed by atoms with Crippen molar-refractivity contribution < 1.29 is 23.9 Å². The molecule has 1 spiro atoms. The summed E-state index contributed by atoms with van der Waals surface area (Å²) in [6.45, 7) is 4.52. The van der Waals surface area contributed by atoms with Gasteiger partial charge in [-0.2, -0.15) is 0 Å². The third-order valence-electron chi connectivity index (χ3n) is 9.23. The molecule has 1 aliphatic heterocycles. The molecule has 0 aromatic rings. The van der Waals surface area contributed by atoms with Crippen molar-refractivity contribution in [1.82, 2.24) is 0 Å². The second kappa shape index (κ2) is 6.05. The first-order chi connectivity index (χ1) is 13.7. The summed E-state index contributed by atoms with van der Waals surface area (Å²) in [5.41, 5.74) is 1.72. The van der Waals surface area contributed by atoms with Crippen LogP contribution in [0.25, 0.3) is 0 Å². The van der Waals surface area contributed by atoms with Crippen molar-refractivity contribution >= 4 is 17.7 Å². The average Bonchev–Trinajstić information content (AvgIpc) is 3.22. The number of methoxy groups -OCH3 is 1. The van der Waals surface area contributed by atoms with Gasteiger partial charge in [-0.3, -0.25) is 14.4 Å². The van der Waals surface area contributed by atoms with Crippen molar-refractivity contribution in [3.05, 3.63) is 23.3 Å². The van der Waals surface area contributed by atoms with Gasteiger partial charge in [0.15, 0.2) is 5.78 Å². The Kier molecular flexibility index (Phi) is 3.98. The van der Waals surface area contributed by atoms with E-state index in [1.54, 1.807) is 6.08 Å². The highest BCUT2D eigenvalue weighted by molar-refractivity contribution is 5.92. The van der Waals surface area contributed by atoms with E-state index in [2.05, 4.69) is 19.9 Å². The van der Waals surface area contributed by atoms with Gasteiger partial charge in [-0.25, -0.2) is 0 Å². The van der Waals surface area contributed by atoms with Crippen LogP contribution in [-0.2, 0) is 23.9 Å². The Balaban J connectivity index is 1.63. The maximum absolute atomic E-state index is 12.9. The van der Waals surface area contributed by atoms with Gasteiger partial charge in [-0.15, -0.1) is 0 Å². The van der Waals surface area contributed by atoms with Crippen LogP contribution in [0.2, 0.25) is 0 Å². The molecule has 1 saturated heterocycles. The normalized spacial score (nSPS) is 45.7. The molecule has 5 aliphatic rings. The van der Waals surface area contributed by atoms with Gasteiger partial charge in [-0.05, 0) is 56.4 Å². The first kappa shape index (κ1) is 19.1. The maximum Gasteiger partial charge on any atom is 0.309 e. The lowest BCUT2D eigenvalue weighted by molar-refractivity contribution is -0.163. The first-order valence-corrected chi connectivity index (χ1v) is 11.0. The summed E-state index contributed by atoms with van der Waals surface area (Å²) in [5.74, 6) is 0.00356. The molecule has 3 fully saturated rings. The van der Waals surface area contributed by atoms with E-state index in [4.69, 9.17) is 9.47 Å². The second-order valence-electron chi connectivity index (χ2n) is 10.2. The van der Waals surface area contributed by atoms with Crippen molar-refractivity contribution in [2.45, 2.75) is 70.8 Å². The molecule has 5 heteroatoms. The predicted octanol–water partition coefficient (Wildman–Crippen LogP) is 3.91. The Hall–Kier alpha value is -1.91. The van der Waals surface area contributed by atoms with Crippen LogP contribution in [0.5, 0.6) is 0 Å². The van der Waals surface area contributed by atoms with Gasteiger partial charge in [0.1, 0.15) is 5.60 Å². The number of ketones is 1. The monoisotopic (exact) mass is 398 g/mol. The summed E-state index contributed by atoms with van der Waals surface area (Å²) < 4.78 is 11.2. The van der Waals surface area contributed by atoms with Gasteiger partial charge in [0, 0.05) is 23.7 Å². The Morgan fingerprint density at radius 1 is 1.17 bits per heavy atom. The molecule has 0 N–H and O–H groups in total. The minimum absolute atomic E-state index is 0.0854. The molecule has 3 unspecified atom stereocenters. The van der Waals surface area contributed by atoms with E-state index in [9.17, 15) is 14.4 Å². The van der Waals surface area contributed by atoms with Gasteiger partial charge in [0.2, 0.25) is 0 Å². The highest BCUT2D eigenvalue weighted by atomic mass is 16.6. The largest absolute Gasteiger partial charge is 0.469 e. The molecule has 1 heterocycles. The molecular formula is C24H30O5. The SMILES string of the molecule is COC(=O)[C@@H]1CC2=CC(=O)CCC2(C)C2=CCC3(C)[C@@H](CC[C@@]34CCC(=O)O4)C21. The smallest absolute Gasteiger partial charge is 0.309 e. The molecular weight excluding hydrogens is 368 g/mol. The average molecular weight is 398 g/mol. The molecule has 5 nitrogen and oxygen atoms in total. The number of carbonyl (C=O) groups is 3. The molecule has 0 aromatic carbocycles. The lowest BCUT2D eigenvalue weighted by Crippen LogP contribution is -2.53. The molecule has 0 radical (unpaired) electrons. The number of rotatable bonds is 1. The number of ether oxygens (including phenoxy) is 2. The van der Waals surface area contributed by atoms with Crippen molar-refractivity contribution in [3.63, 3.8) is 0 Å². The molecule has 156 valence electrons. The number of carbonyl (C=O) groups excluding carboxylic acids is 3. The summed E-state index contributed by atoms with van der Waals surface area (Å²) in [6, 6.07) is 0. The molecule has 0 amide bonds. The Labute approximate surface area is 171 Å². The van der Waals surface area contributed by atoms with E-state index in [1.165, 1.54) is 12.7 Å². The highest BCUT2D eigenvalue weighted by Crippen LogP contribution is 2.69. The van der Waals surface area contributed by atoms with Crippen molar-refractivity contribution in [2.75, 3.05) is 7.11 Å². The fourth-order valence-electron chi connectivity index (χ4n) is 7.53. The minimum Gasteiger partial charge on any atom is -0.469 e. The zero-order chi connectivity index (χ0) is 20.6. The Morgan fingerprint density at radius 2 is 1.97 bits per heavy atom. The Morgan fingerprint density at radius 3 is 2.66 bits per heavy atom. The summed E-state index contributed by atoms with van der Waals surface area (Å²) >= 11 is 0. The van der Waals surface area contributed by atoms with E-state index in [-0.39, 0.29) is 46.3 Å². The van der Waals surface area contributed by atoms with Crippen LogP contribution in [0, 0.1) is 28.6 Å². The standard InChI is InChI=1S/C24H30O5/c1-22-8-4-15(25)12-14(22)13-16(21(27)28-3)20-17(22)5-9-23(2)18(20)6-10-24(23)11-7-19(26)29-24/h5,12,16,18,20H,4,6-11,13H2,1-3H3/t16-,18+,20?,22?,23?,24-/m1/s1. The van der Waals surface area contributed by atoms with Gasteiger partial charge in [-0.1, -0.05) is 31.1 Å². The summed E-state index contributed by atoms with van der Waals surface area (Å²) in [7, 11) is 1.46. The van der Waals surface area contributed by atoms with E-state index in [0.717, 1.165) is 37.7 Å². The van der Waals surface area contributed by atoms with E-state index >= 15 is 0 Å². The first-order valence-electron chi connectivity index (χ1n) is 11.0. The van der Waals surface area contributed by atoms with Crippen molar-refractivity contribution in [3.8, 4) is 0 Å². The van der Waals surface area contributed by atoms with E-state index in [0.29, 0.717) is 19.3 Å². The van der Waals surface area contributed by atoms with Gasteiger partial charge < -0.3 is 9.47 Å². The predicted molar refractivity (Wildman–Crippen MR) is 106 cm³/mol. The minimum atomic E-state index is -0.392. The molecule has 0 aromatic heterocycles. The molecule has 5 rings (SSSR count). The van der Waals surface area contributed by atoms with E-state index < -0.39 is 5.60 Å². The van der Waals surface area contributed by atoms with Crippen LogP contribution < -0.4 is 0 Å². The fraction of sp³-hybridized carbons (Fsp3) is 0.708. The van der Waals surface area contributed by atoms with Crippen LogP contribution in [0.4, 0.5) is 0 Å². The van der Waals surface area contributed by atoms with E-state index in [1.807, 2.05) is 0 Å². The molecule has 2 saturated carbocycles. The number of esters is 2. The van der Waals surface area contributed by atoms with Crippen molar-refractivity contribution in [2.24, 2.45) is 28.6 Å². The summed E-state index contributed by atoms with van der Waals surface area (Å²) in [6.07, 6.45) is 10.1. The molecule has 6 atom stereocenters. The second-order valence-corrected chi connectivity index (χ2v) is 10.2. The number of allylic oxidation sites excluding steroid dienone is 4. The van der Waals surface area contributed by atoms with Gasteiger partial charge >= 0.3 is 11.9 Å². The lowest BCUT2D eigenvalue weighted by atomic mass is 9.48. The van der Waals surface area contributed by atoms with Crippen LogP contribution in [0.3, 0.4) is 0 Å². The topological polar surface area (TPSA) is 69.7 Å². The zero-order valence-corrected chi connectivity index (χ0v) is 17.6. The molecule has 0 bridgehead atoms. The number of hydrogen-bond acceptors (Lipinski definition) is 5. The van der Waals surface area contributed by atoms with Gasteiger partial charge in [0.25, 0.3) is 0 Å². The molecule has 4 aliphatic carbocycles. The van der Waals surface area contributed by atoms with Crippen LogP contribution in [0.1, 0.15) is 65.2 Å². The third-order valence-corrected chi connectivity index (χ3v) is 9.23. The lowest BCUT2D eigenvalue weighted by Gasteiger charge is -2.56. The quantitative estimate of drug-likeness (QED) is 0.495. The maximum atomic E-state index is 12.9. The van der Waals surface area contributed by atoms with Gasteiger partial charge in [0.05, 0.1) is 13.0 Å². The number of fused-ring (bicyclic) bond motifs is 6. The summed E-state index contributed by atoms with van der Waals surface area (Å²) in [4.78, 5) is 37.1. The number of hydrogen-bond donors (Lipinski definition) is 0. The third kappa shape index (κ3) is 2.36. The fourth-order valence-corrected chi connectivity index (χ4v) is 7.53.